The molecule has 0 aromatic carbocycles. The van der Waals surface area contributed by atoms with Gasteiger partial charge in [-0.25, -0.2) is 4.79 Å². The Bertz CT molecular complexity index is 544. The molecule has 3 aliphatic rings. The van der Waals surface area contributed by atoms with Gasteiger partial charge in [0.2, 0.25) is 0 Å². The first-order valence-corrected chi connectivity index (χ1v) is 7.21. The van der Waals surface area contributed by atoms with E-state index in [1.54, 1.807) is 11.0 Å². The Balaban J connectivity index is 1.95. The summed E-state index contributed by atoms with van der Waals surface area (Å²) in [6, 6.07) is 0.0779. The van der Waals surface area contributed by atoms with Crippen molar-refractivity contribution in [1.82, 2.24) is 4.90 Å². The number of β-lactam (4-membered cyclic amide) rings is 1. The number of carbonyl (C=O) groups excluding carboxylic acids is 2. The van der Waals surface area contributed by atoms with Gasteiger partial charge in [-0.2, -0.15) is 0 Å². The molecule has 20 heavy (non-hydrogen) atoms. The van der Waals surface area contributed by atoms with E-state index in [0.717, 1.165) is 30.4 Å². The zero-order valence-corrected chi connectivity index (χ0v) is 11.7. The Morgan fingerprint density at radius 3 is 3.00 bits per heavy atom. The highest BCUT2D eigenvalue weighted by Crippen LogP contribution is 2.51. The molecular weight excluding hydrogens is 254 g/mol. The van der Waals surface area contributed by atoms with Crippen LogP contribution in [0.5, 0.6) is 0 Å². The van der Waals surface area contributed by atoms with E-state index in [1.165, 1.54) is 6.42 Å². The lowest BCUT2D eigenvalue weighted by Gasteiger charge is -2.41. The number of nitrogens with zero attached hydrogens (tertiary/aromatic N) is 1. The lowest BCUT2D eigenvalue weighted by molar-refractivity contribution is -0.145. The molecule has 2 heterocycles. The molecule has 106 valence electrons. The molecule has 1 unspecified atom stereocenters. The number of hydrogen-bond donors (Lipinski definition) is 0. The number of esters is 1. The molecule has 4 nitrogen and oxygen atoms in total. The van der Waals surface area contributed by atoms with Gasteiger partial charge in [0.25, 0.3) is 5.91 Å². The molecule has 2 fully saturated rings. The number of allylic oxidation sites excluding steroid dienone is 1. The Labute approximate surface area is 118 Å². The number of ether oxygens (including phenoxy) is 1. The van der Waals surface area contributed by atoms with Crippen LogP contribution in [0.1, 0.15) is 32.6 Å². The van der Waals surface area contributed by atoms with E-state index in [2.05, 4.69) is 6.58 Å². The van der Waals surface area contributed by atoms with E-state index >= 15 is 0 Å². The highest BCUT2D eigenvalue weighted by molar-refractivity contribution is 6.09. The van der Waals surface area contributed by atoms with E-state index in [9.17, 15) is 9.59 Å². The van der Waals surface area contributed by atoms with Gasteiger partial charge in [0, 0.05) is 11.5 Å². The molecule has 1 amide bonds. The monoisotopic (exact) mass is 273 g/mol. The summed E-state index contributed by atoms with van der Waals surface area (Å²) in [5, 5.41) is 0. The third kappa shape index (κ3) is 1.67. The minimum atomic E-state index is -0.377. The molecule has 2 aliphatic heterocycles. The van der Waals surface area contributed by atoms with Crippen LogP contribution in [0.15, 0.2) is 35.6 Å². The van der Waals surface area contributed by atoms with Gasteiger partial charge < -0.3 is 4.74 Å². The molecule has 0 radical (unpaired) electrons. The summed E-state index contributed by atoms with van der Waals surface area (Å²) in [5.41, 5.74) is 2.48. The Hall–Kier alpha value is -1.84. The number of hydrogen-bond acceptors (Lipinski definition) is 3. The van der Waals surface area contributed by atoms with E-state index < -0.39 is 0 Å². The SMILES string of the molecule is C=CCOC(=O)C1=C2CCCC[C@@H]2C2/C(=C\C)C(=O)N12. The highest BCUT2D eigenvalue weighted by atomic mass is 16.5. The van der Waals surface area contributed by atoms with Gasteiger partial charge in [-0.1, -0.05) is 25.2 Å². The molecule has 0 spiro atoms. The van der Waals surface area contributed by atoms with Crippen molar-refractivity contribution in [2.75, 3.05) is 6.61 Å². The van der Waals surface area contributed by atoms with Crippen molar-refractivity contribution in [2.24, 2.45) is 5.92 Å². The van der Waals surface area contributed by atoms with Gasteiger partial charge in [-0.3, -0.25) is 9.69 Å². The maximum Gasteiger partial charge on any atom is 0.355 e. The van der Waals surface area contributed by atoms with E-state index in [0.29, 0.717) is 11.6 Å². The maximum absolute atomic E-state index is 12.2. The Morgan fingerprint density at radius 2 is 2.30 bits per heavy atom. The van der Waals surface area contributed by atoms with Crippen molar-refractivity contribution < 1.29 is 14.3 Å². The van der Waals surface area contributed by atoms with E-state index in [4.69, 9.17) is 4.74 Å². The fourth-order valence-corrected chi connectivity index (χ4v) is 3.67. The second-order valence-corrected chi connectivity index (χ2v) is 5.48. The molecule has 1 saturated heterocycles. The lowest BCUT2D eigenvalue weighted by Crippen LogP contribution is -2.55. The predicted octanol–water partition coefficient (Wildman–Crippen LogP) is 2.33. The molecule has 0 aromatic rings. The first-order chi connectivity index (χ1) is 9.70. The van der Waals surface area contributed by atoms with Crippen molar-refractivity contribution in [1.29, 1.82) is 0 Å². The molecule has 4 heteroatoms. The summed E-state index contributed by atoms with van der Waals surface area (Å²) in [5.74, 6) is -0.0957. The summed E-state index contributed by atoms with van der Waals surface area (Å²) in [4.78, 5) is 26.1. The van der Waals surface area contributed by atoms with Crippen LogP contribution >= 0.6 is 0 Å². The average Bonchev–Trinajstić information content (AvgIpc) is 2.77. The van der Waals surface area contributed by atoms with Gasteiger partial charge in [0.1, 0.15) is 12.3 Å². The van der Waals surface area contributed by atoms with Crippen LogP contribution in [-0.2, 0) is 14.3 Å². The third-order valence-corrected chi connectivity index (χ3v) is 4.48. The lowest BCUT2D eigenvalue weighted by atomic mass is 9.77. The van der Waals surface area contributed by atoms with Crippen LogP contribution in [-0.4, -0.2) is 29.4 Å². The normalized spacial score (nSPS) is 29.9. The number of fused-ring (bicyclic) bond motifs is 3. The smallest absolute Gasteiger partial charge is 0.355 e. The van der Waals surface area contributed by atoms with E-state index in [1.807, 2.05) is 13.0 Å². The fraction of sp³-hybridized carbons (Fsp3) is 0.500. The van der Waals surface area contributed by atoms with Crippen LogP contribution in [0.25, 0.3) is 0 Å². The summed E-state index contributed by atoms with van der Waals surface area (Å²) in [6.45, 7) is 5.62. The van der Waals surface area contributed by atoms with Crippen LogP contribution in [0.3, 0.4) is 0 Å². The minimum Gasteiger partial charge on any atom is -0.457 e. The topological polar surface area (TPSA) is 46.6 Å². The second kappa shape index (κ2) is 4.93. The second-order valence-electron chi connectivity index (χ2n) is 5.48. The first kappa shape index (κ1) is 13.2. The van der Waals surface area contributed by atoms with Crippen molar-refractivity contribution in [3.8, 4) is 0 Å². The Kier molecular flexibility index (Phi) is 3.24. The van der Waals surface area contributed by atoms with Crippen molar-refractivity contribution in [2.45, 2.75) is 38.6 Å². The van der Waals surface area contributed by atoms with E-state index in [-0.39, 0.29) is 24.5 Å². The molecule has 0 N–H and O–H groups in total. The summed E-state index contributed by atoms with van der Waals surface area (Å²) in [7, 11) is 0. The largest absolute Gasteiger partial charge is 0.457 e. The first-order valence-electron chi connectivity index (χ1n) is 7.21. The molecule has 0 bridgehead atoms. The third-order valence-electron chi connectivity index (χ3n) is 4.48. The molecule has 3 rings (SSSR count). The minimum absolute atomic E-state index is 0.0371. The molecule has 1 saturated carbocycles. The van der Waals surface area contributed by atoms with Crippen LogP contribution in [0.2, 0.25) is 0 Å². The number of rotatable bonds is 3. The molecule has 1 aliphatic carbocycles. The number of amides is 1. The van der Waals surface area contributed by atoms with Crippen molar-refractivity contribution in [3.05, 3.63) is 35.6 Å². The quantitative estimate of drug-likeness (QED) is 0.343. The number of carbonyl (C=O) groups is 2. The molecule has 0 aromatic heterocycles. The zero-order chi connectivity index (χ0) is 14.3. The van der Waals surface area contributed by atoms with Gasteiger partial charge >= 0.3 is 5.97 Å². The average molecular weight is 273 g/mol. The van der Waals surface area contributed by atoms with Gasteiger partial charge in [-0.15, -0.1) is 0 Å². The maximum atomic E-state index is 12.2. The zero-order valence-electron chi connectivity index (χ0n) is 11.7. The van der Waals surface area contributed by atoms with Gasteiger partial charge in [0.05, 0.1) is 6.04 Å². The molecular formula is C16H19NO3. The Morgan fingerprint density at radius 1 is 1.50 bits per heavy atom. The fourth-order valence-electron chi connectivity index (χ4n) is 3.67. The van der Waals surface area contributed by atoms with Crippen LogP contribution < -0.4 is 0 Å². The van der Waals surface area contributed by atoms with Crippen molar-refractivity contribution in [3.63, 3.8) is 0 Å². The summed E-state index contributed by atoms with van der Waals surface area (Å²) in [6.07, 6.45) is 7.64. The molecule has 2 atom stereocenters. The summed E-state index contributed by atoms with van der Waals surface area (Å²) < 4.78 is 5.17. The standard InChI is InChI=1S/C16H19NO3/c1-3-9-20-16(19)14-12-8-6-5-7-11(12)13-10(4-2)15(18)17(13)14/h3-4,11,13H,1,5-9H2,2H3/b10-4+/t11-,13?/m0/s1. The van der Waals surface area contributed by atoms with Crippen molar-refractivity contribution >= 4 is 11.9 Å². The summed E-state index contributed by atoms with van der Waals surface area (Å²) >= 11 is 0. The predicted molar refractivity (Wildman–Crippen MR) is 74.5 cm³/mol. The van der Waals surface area contributed by atoms with Gasteiger partial charge in [-0.05, 0) is 31.8 Å². The van der Waals surface area contributed by atoms with Crippen LogP contribution in [0.4, 0.5) is 0 Å². The van der Waals surface area contributed by atoms with Gasteiger partial charge in [0.15, 0.2) is 0 Å². The van der Waals surface area contributed by atoms with Crippen LogP contribution in [0, 0.1) is 5.92 Å². The highest BCUT2D eigenvalue weighted by Gasteiger charge is 2.56.